The fraction of sp³-hybridized carbons (Fsp3) is 0.300. The maximum absolute atomic E-state index is 11.2. The Hall–Kier alpha value is -3.46. The molecule has 2 N–H and O–H groups in total. The van der Waals surface area contributed by atoms with Gasteiger partial charge in [0.1, 0.15) is 0 Å². The normalized spacial score (nSPS) is 10.8. The van der Waals surface area contributed by atoms with Gasteiger partial charge >= 0.3 is 0 Å². The van der Waals surface area contributed by atoms with Crippen molar-refractivity contribution in [2.45, 2.75) is 26.3 Å². The van der Waals surface area contributed by atoms with Crippen LogP contribution in [0.3, 0.4) is 0 Å². The van der Waals surface area contributed by atoms with Gasteiger partial charge in [0.15, 0.2) is 17.3 Å². The van der Waals surface area contributed by atoms with Crippen molar-refractivity contribution in [3.05, 3.63) is 63.5 Å². The summed E-state index contributed by atoms with van der Waals surface area (Å²) in [5.41, 5.74) is 2.27. The number of nitrogens with zero attached hydrogens (tertiary/aromatic N) is 3. The summed E-state index contributed by atoms with van der Waals surface area (Å²) >= 11 is 0. The molecule has 0 aliphatic rings. The Bertz CT molecular complexity index is 985. The van der Waals surface area contributed by atoms with Crippen LogP contribution in [0.2, 0.25) is 0 Å². The molecule has 152 valence electrons. The van der Waals surface area contributed by atoms with E-state index in [0.717, 1.165) is 30.0 Å². The molecular weight excluding hydrogens is 376 g/mol. The zero-order chi connectivity index (χ0) is 20.8. The van der Waals surface area contributed by atoms with Crippen LogP contribution in [-0.2, 0) is 19.4 Å². The first-order valence-corrected chi connectivity index (χ1v) is 9.18. The second-order valence-corrected chi connectivity index (χ2v) is 6.40. The highest BCUT2D eigenvalue weighted by molar-refractivity contribution is 5.54. The lowest BCUT2D eigenvalue weighted by atomic mass is 10.1. The van der Waals surface area contributed by atoms with Gasteiger partial charge in [0, 0.05) is 24.1 Å². The maximum Gasteiger partial charge on any atom is 0.277 e. The van der Waals surface area contributed by atoms with Gasteiger partial charge in [0.25, 0.3) is 11.6 Å². The minimum atomic E-state index is -0.517. The highest BCUT2D eigenvalue weighted by Gasteiger charge is 2.18. The van der Waals surface area contributed by atoms with E-state index < -0.39 is 4.92 Å². The van der Waals surface area contributed by atoms with E-state index in [1.165, 1.54) is 13.2 Å². The Morgan fingerprint density at radius 3 is 2.66 bits per heavy atom. The van der Waals surface area contributed by atoms with Gasteiger partial charge < -0.3 is 19.7 Å². The number of hydrogen-bond donors (Lipinski definition) is 2. The number of nitro benzene ring substituents is 1. The van der Waals surface area contributed by atoms with E-state index in [9.17, 15) is 15.2 Å². The summed E-state index contributed by atoms with van der Waals surface area (Å²) in [7, 11) is 1.40. The minimum Gasteiger partial charge on any atom is -0.504 e. The van der Waals surface area contributed by atoms with E-state index in [1.807, 2.05) is 31.2 Å². The number of rotatable bonds is 9. The van der Waals surface area contributed by atoms with Crippen molar-refractivity contribution in [1.29, 1.82) is 0 Å². The molecule has 3 aromatic rings. The van der Waals surface area contributed by atoms with E-state index in [4.69, 9.17) is 9.26 Å². The lowest BCUT2D eigenvalue weighted by Crippen LogP contribution is -2.17. The number of nitrogens with one attached hydrogen (secondary N) is 1. The first-order chi connectivity index (χ1) is 14.0. The zero-order valence-corrected chi connectivity index (χ0v) is 16.2. The lowest BCUT2D eigenvalue weighted by molar-refractivity contribution is -0.385. The molecular formula is C20H22N4O5. The number of hydrogen-bond acceptors (Lipinski definition) is 8. The fourth-order valence-corrected chi connectivity index (χ4v) is 2.86. The van der Waals surface area contributed by atoms with Gasteiger partial charge in [-0.2, -0.15) is 4.98 Å². The molecule has 0 spiro atoms. The molecule has 0 radical (unpaired) electrons. The largest absolute Gasteiger partial charge is 0.504 e. The third-order valence-electron chi connectivity index (χ3n) is 4.47. The number of aromatic nitrogens is 2. The Labute approximate surface area is 167 Å². The van der Waals surface area contributed by atoms with Crippen LogP contribution in [0, 0.1) is 10.1 Å². The molecule has 0 atom stereocenters. The molecule has 1 aromatic heterocycles. The Morgan fingerprint density at radius 1 is 1.28 bits per heavy atom. The van der Waals surface area contributed by atoms with Crippen LogP contribution >= 0.6 is 0 Å². The highest BCUT2D eigenvalue weighted by atomic mass is 16.6. The number of phenolic OH excluding ortho intramolecular Hbond substituents is 1. The Morgan fingerprint density at radius 2 is 2.03 bits per heavy atom. The van der Waals surface area contributed by atoms with Gasteiger partial charge in [0.2, 0.25) is 0 Å². The summed E-state index contributed by atoms with van der Waals surface area (Å²) in [5.74, 6) is 1.12. The molecule has 0 bridgehead atoms. The molecule has 9 heteroatoms. The predicted octanol–water partition coefficient (Wildman–Crippen LogP) is 3.25. The van der Waals surface area contributed by atoms with Crippen molar-refractivity contribution in [3.8, 4) is 23.0 Å². The summed E-state index contributed by atoms with van der Waals surface area (Å²) in [6, 6.07) is 10.4. The van der Waals surface area contributed by atoms with Crippen molar-refractivity contribution in [2.24, 2.45) is 0 Å². The molecule has 0 aliphatic carbocycles. The zero-order valence-electron chi connectivity index (χ0n) is 16.2. The monoisotopic (exact) mass is 398 g/mol. The smallest absolute Gasteiger partial charge is 0.277 e. The number of phenols is 1. The summed E-state index contributed by atoms with van der Waals surface area (Å²) in [6.07, 6.45) is 1.46. The highest BCUT2D eigenvalue weighted by Crippen LogP contribution is 2.33. The number of ether oxygens (including phenoxy) is 1. The van der Waals surface area contributed by atoms with Crippen LogP contribution in [0.4, 0.5) is 5.69 Å². The quantitative estimate of drug-likeness (QED) is 0.320. The Kier molecular flexibility index (Phi) is 6.40. The molecule has 0 saturated heterocycles. The van der Waals surface area contributed by atoms with Crippen LogP contribution in [0.1, 0.15) is 23.9 Å². The summed E-state index contributed by atoms with van der Waals surface area (Å²) in [4.78, 5) is 15.0. The van der Waals surface area contributed by atoms with E-state index in [0.29, 0.717) is 23.8 Å². The molecule has 0 aliphatic heterocycles. The number of aromatic hydroxyl groups is 1. The number of nitro groups is 1. The third kappa shape index (κ3) is 4.88. The molecule has 1 heterocycles. The topological polar surface area (TPSA) is 124 Å². The van der Waals surface area contributed by atoms with Gasteiger partial charge in [-0.15, -0.1) is 0 Å². The van der Waals surface area contributed by atoms with Gasteiger partial charge in [-0.05, 0) is 36.7 Å². The fourth-order valence-electron chi connectivity index (χ4n) is 2.86. The number of aryl methyl sites for hydroxylation is 1. The summed E-state index contributed by atoms with van der Waals surface area (Å²) in [5, 5.41) is 28.0. The van der Waals surface area contributed by atoms with Crippen molar-refractivity contribution in [2.75, 3.05) is 13.7 Å². The van der Waals surface area contributed by atoms with E-state index in [2.05, 4.69) is 15.5 Å². The van der Waals surface area contributed by atoms with Crippen molar-refractivity contribution in [3.63, 3.8) is 0 Å². The molecule has 9 nitrogen and oxygen atoms in total. The minimum absolute atomic E-state index is 0.147. The SMILES string of the molecule is CCc1noc(-c2ccc(CCNCc3cc(OC)c(O)cc3[N+](=O)[O-])cc2)n1. The van der Waals surface area contributed by atoms with E-state index >= 15 is 0 Å². The first-order valence-electron chi connectivity index (χ1n) is 9.18. The first kappa shape index (κ1) is 20.3. The molecule has 0 saturated carbocycles. The molecule has 0 fully saturated rings. The number of methoxy groups -OCH3 is 1. The molecule has 0 amide bonds. The van der Waals surface area contributed by atoms with E-state index in [-0.39, 0.29) is 23.7 Å². The van der Waals surface area contributed by atoms with Crippen LogP contribution in [0.5, 0.6) is 11.5 Å². The maximum atomic E-state index is 11.2. The average molecular weight is 398 g/mol. The summed E-state index contributed by atoms with van der Waals surface area (Å²) < 4.78 is 10.3. The van der Waals surface area contributed by atoms with Crippen molar-refractivity contribution in [1.82, 2.24) is 15.5 Å². The average Bonchev–Trinajstić information content (AvgIpc) is 3.21. The van der Waals surface area contributed by atoms with Crippen LogP contribution in [-0.4, -0.2) is 33.8 Å². The standard InChI is InChI=1S/C20H22N4O5/c1-3-19-22-20(29-23-19)14-6-4-13(5-7-14)8-9-21-12-15-10-18(28-2)17(25)11-16(15)24(26)27/h4-7,10-11,21,25H,3,8-9,12H2,1-2H3. The second-order valence-electron chi connectivity index (χ2n) is 6.40. The molecule has 3 rings (SSSR count). The van der Waals surface area contributed by atoms with Crippen molar-refractivity contribution >= 4 is 5.69 Å². The molecule has 0 unspecified atom stereocenters. The van der Waals surface area contributed by atoms with Crippen LogP contribution < -0.4 is 10.1 Å². The van der Waals surface area contributed by atoms with Gasteiger partial charge in [0.05, 0.1) is 18.1 Å². The van der Waals surface area contributed by atoms with Crippen LogP contribution in [0.25, 0.3) is 11.5 Å². The molecule has 29 heavy (non-hydrogen) atoms. The number of benzene rings is 2. The Balaban J connectivity index is 1.57. The lowest BCUT2D eigenvalue weighted by Gasteiger charge is -2.09. The van der Waals surface area contributed by atoms with Crippen molar-refractivity contribution < 1.29 is 19.3 Å². The predicted molar refractivity (Wildman–Crippen MR) is 106 cm³/mol. The summed E-state index contributed by atoms with van der Waals surface area (Å²) in [6.45, 7) is 2.88. The van der Waals surface area contributed by atoms with Crippen LogP contribution in [0.15, 0.2) is 40.9 Å². The van der Waals surface area contributed by atoms with Gasteiger partial charge in [-0.1, -0.05) is 24.2 Å². The molecule has 2 aromatic carbocycles. The van der Waals surface area contributed by atoms with Gasteiger partial charge in [-0.25, -0.2) is 0 Å². The second kappa shape index (κ2) is 9.16. The van der Waals surface area contributed by atoms with E-state index in [1.54, 1.807) is 0 Å². The third-order valence-corrected chi connectivity index (χ3v) is 4.47. The van der Waals surface area contributed by atoms with Gasteiger partial charge in [-0.3, -0.25) is 10.1 Å².